The van der Waals surface area contributed by atoms with Crippen LogP contribution in [0.25, 0.3) is 0 Å². The summed E-state index contributed by atoms with van der Waals surface area (Å²) in [5.74, 6) is 0.140. The summed E-state index contributed by atoms with van der Waals surface area (Å²) < 4.78 is 5.47. The molecule has 1 N–H and O–H groups in total. The molecule has 0 aliphatic carbocycles. The lowest BCUT2D eigenvalue weighted by Gasteiger charge is -2.27. The van der Waals surface area contributed by atoms with Crippen molar-refractivity contribution in [1.82, 2.24) is 10.2 Å². The standard InChI is InChI=1S/C17H26N2O2/c1-4-9-19(10-14-7-5-13(2)6-8-14)17(20)15-11-21-12-16(15)18-3/h5-8,15-16,18H,4,9-12H2,1-3H3. The number of amides is 1. The van der Waals surface area contributed by atoms with E-state index in [0.717, 1.165) is 13.0 Å². The van der Waals surface area contributed by atoms with Crippen molar-refractivity contribution >= 4 is 5.91 Å². The molecule has 0 aromatic heterocycles. The molecule has 2 rings (SSSR count). The summed E-state index contributed by atoms with van der Waals surface area (Å²) in [4.78, 5) is 14.7. The van der Waals surface area contributed by atoms with Gasteiger partial charge in [-0.2, -0.15) is 0 Å². The Morgan fingerprint density at radius 1 is 1.33 bits per heavy atom. The van der Waals surface area contributed by atoms with Crippen LogP contribution in [0.2, 0.25) is 0 Å². The first-order valence-electron chi connectivity index (χ1n) is 7.75. The van der Waals surface area contributed by atoms with Crippen molar-refractivity contribution in [2.45, 2.75) is 32.9 Å². The topological polar surface area (TPSA) is 41.6 Å². The molecule has 1 fully saturated rings. The van der Waals surface area contributed by atoms with Gasteiger partial charge in [0.2, 0.25) is 5.91 Å². The van der Waals surface area contributed by atoms with Crippen LogP contribution in [-0.4, -0.2) is 43.7 Å². The fraction of sp³-hybridized carbons (Fsp3) is 0.588. The van der Waals surface area contributed by atoms with E-state index in [0.29, 0.717) is 19.8 Å². The lowest BCUT2D eigenvalue weighted by atomic mass is 10.0. The Hall–Kier alpha value is -1.39. The molecular formula is C17H26N2O2. The summed E-state index contributed by atoms with van der Waals surface area (Å²) in [5.41, 5.74) is 2.42. The van der Waals surface area contributed by atoms with Gasteiger partial charge in [0.1, 0.15) is 0 Å². The van der Waals surface area contributed by atoms with E-state index in [4.69, 9.17) is 4.74 Å². The van der Waals surface area contributed by atoms with Crippen molar-refractivity contribution in [3.8, 4) is 0 Å². The summed E-state index contributed by atoms with van der Waals surface area (Å²) in [6.07, 6.45) is 0.968. The number of carbonyl (C=O) groups excluding carboxylic acids is 1. The van der Waals surface area contributed by atoms with Gasteiger partial charge >= 0.3 is 0 Å². The summed E-state index contributed by atoms with van der Waals surface area (Å²) in [7, 11) is 1.89. The third-order valence-corrected chi connectivity index (χ3v) is 4.07. The Kier molecular flexibility index (Phi) is 5.76. The lowest BCUT2D eigenvalue weighted by Crippen LogP contribution is -2.44. The zero-order chi connectivity index (χ0) is 15.2. The predicted octanol–water partition coefficient (Wildman–Crippen LogP) is 1.97. The molecule has 2 unspecified atom stereocenters. The van der Waals surface area contributed by atoms with Crippen molar-refractivity contribution in [2.75, 3.05) is 26.8 Å². The molecule has 1 amide bonds. The number of hydrogen-bond donors (Lipinski definition) is 1. The quantitative estimate of drug-likeness (QED) is 0.871. The van der Waals surface area contributed by atoms with Crippen molar-refractivity contribution in [1.29, 1.82) is 0 Å². The Balaban J connectivity index is 2.07. The number of nitrogens with one attached hydrogen (secondary N) is 1. The van der Waals surface area contributed by atoms with Gasteiger partial charge in [0, 0.05) is 19.1 Å². The van der Waals surface area contributed by atoms with Gasteiger partial charge in [0.25, 0.3) is 0 Å². The molecule has 21 heavy (non-hydrogen) atoms. The third-order valence-electron chi connectivity index (χ3n) is 4.07. The molecule has 1 aromatic rings. The molecule has 0 saturated carbocycles. The largest absolute Gasteiger partial charge is 0.379 e. The molecule has 0 radical (unpaired) electrons. The van der Waals surface area contributed by atoms with Crippen LogP contribution in [0.1, 0.15) is 24.5 Å². The van der Waals surface area contributed by atoms with E-state index >= 15 is 0 Å². The minimum Gasteiger partial charge on any atom is -0.379 e. The van der Waals surface area contributed by atoms with Gasteiger partial charge < -0.3 is 15.0 Å². The van der Waals surface area contributed by atoms with Crippen LogP contribution in [0.4, 0.5) is 0 Å². The number of likely N-dealkylation sites (N-methyl/N-ethyl adjacent to an activating group) is 1. The van der Waals surface area contributed by atoms with Crippen molar-refractivity contribution in [3.63, 3.8) is 0 Å². The lowest BCUT2D eigenvalue weighted by molar-refractivity contribution is -0.136. The van der Waals surface area contributed by atoms with E-state index in [1.165, 1.54) is 11.1 Å². The second-order valence-electron chi connectivity index (χ2n) is 5.78. The van der Waals surface area contributed by atoms with Gasteiger partial charge in [0.05, 0.1) is 19.1 Å². The Bertz CT molecular complexity index is 458. The number of aryl methyl sites for hydroxylation is 1. The first-order chi connectivity index (χ1) is 10.2. The van der Waals surface area contributed by atoms with E-state index < -0.39 is 0 Å². The van der Waals surface area contributed by atoms with Gasteiger partial charge in [-0.05, 0) is 26.0 Å². The monoisotopic (exact) mass is 290 g/mol. The number of benzene rings is 1. The van der Waals surface area contributed by atoms with Gasteiger partial charge in [-0.1, -0.05) is 36.8 Å². The van der Waals surface area contributed by atoms with Crippen LogP contribution in [0.5, 0.6) is 0 Å². The molecule has 1 saturated heterocycles. The van der Waals surface area contributed by atoms with Gasteiger partial charge in [0.15, 0.2) is 0 Å². The summed E-state index contributed by atoms with van der Waals surface area (Å²) >= 11 is 0. The maximum Gasteiger partial charge on any atom is 0.229 e. The Morgan fingerprint density at radius 2 is 2.05 bits per heavy atom. The summed E-state index contributed by atoms with van der Waals surface area (Å²) in [6.45, 7) is 6.80. The highest BCUT2D eigenvalue weighted by atomic mass is 16.5. The van der Waals surface area contributed by atoms with Crippen molar-refractivity contribution in [2.24, 2.45) is 5.92 Å². The SMILES string of the molecule is CCCN(Cc1ccc(C)cc1)C(=O)C1COCC1NC. The first kappa shape index (κ1) is 16.0. The average molecular weight is 290 g/mol. The molecule has 1 aromatic carbocycles. The highest BCUT2D eigenvalue weighted by molar-refractivity contribution is 5.80. The van der Waals surface area contributed by atoms with E-state index in [1.807, 2.05) is 11.9 Å². The molecule has 1 aliphatic heterocycles. The molecule has 0 spiro atoms. The second kappa shape index (κ2) is 7.57. The number of rotatable bonds is 6. The third kappa shape index (κ3) is 4.05. The van der Waals surface area contributed by atoms with Gasteiger partial charge in [-0.15, -0.1) is 0 Å². The van der Waals surface area contributed by atoms with Gasteiger partial charge in [-0.25, -0.2) is 0 Å². The van der Waals surface area contributed by atoms with E-state index in [1.54, 1.807) is 0 Å². The molecule has 116 valence electrons. The molecule has 1 heterocycles. The molecule has 1 aliphatic rings. The van der Waals surface area contributed by atoms with Crippen LogP contribution in [0.15, 0.2) is 24.3 Å². The summed E-state index contributed by atoms with van der Waals surface area (Å²) in [5, 5.41) is 3.19. The van der Waals surface area contributed by atoms with Crippen LogP contribution in [0, 0.1) is 12.8 Å². The zero-order valence-electron chi connectivity index (χ0n) is 13.3. The second-order valence-corrected chi connectivity index (χ2v) is 5.78. The zero-order valence-corrected chi connectivity index (χ0v) is 13.3. The Labute approximate surface area is 127 Å². The van der Waals surface area contributed by atoms with Crippen LogP contribution in [0.3, 0.4) is 0 Å². The number of hydrogen-bond acceptors (Lipinski definition) is 3. The number of ether oxygens (including phenoxy) is 1. The maximum atomic E-state index is 12.8. The van der Waals surface area contributed by atoms with Crippen LogP contribution >= 0.6 is 0 Å². The Morgan fingerprint density at radius 3 is 2.67 bits per heavy atom. The normalized spacial score (nSPS) is 21.5. The van der Waals surface area contributed by atoms with E-state index in [9.17, 15) is 4.79 Å². The van der Waals surface area contributed by atoms with Gasteiger partial charge in [-0.3, -0.25) is 4.79 Å². The highest BCUT2D eigenvalue weighted by Crippen LogP contribution is 2.18. The fourth-order valence-electron chi connectivity index (χ4n) is 2.77. The van der Waals surface area contributed by atoms with Crippen LogP contribution < -0.4 is 5.32 Å². The van der Waals surface area contributed by atoms with E-state index in [2.05, 4.69) is 43.4 Å². The minimum atomic E-state index is -0.0630. The van der Waals surface area contributed by atoms with Crippen molar-refractivity contribution < 1.29 is 9.53 Å². The smallest absolute Gasteiger partial charge is 0.229 e. The number of nitrogens with zero attached hydrogens (tertiary/aromatic N) is 1. The minimum absolute atomic E-state index is 0.0630. The molecule has 2 atom stereocenters. The van der Waals surface area contributed by atoms with Crippen molar-refractivity contribution in [3.05, 3.63) is 35.4 Å². The van der Waals surface area contributed by atoms with Crippen LogP contribution in [-0.2, 0) is 16.1 Å². The fourth-order valence-corrected chi connectivity index (χ4v) is 2.77. The predicted molar refractivity (Wildman–Crippen MR) is 84.0 cm³/mol. The molecule has 4 heteroatoms. The summed E-state index contributed by atoms with van der Waals surface area (Å²) in [6, 6.07) is 8.53. The van der Waals surface area contributed by atoms with E-state index in [-0.39, 0.29) is 17.9 Å². The molecular weight excluding hydrogens is 264 g/mol. The molecule has 0 bridgehead atoms. The first-order valence-corrected chi connectivity index (χ1v) is 7.75. The maximum absolute atomic E-state index is 12.8. The average Bonchev–Trinajstić information content (AvgIpc) is 2.96. The molecule has 4 nitrogen and oxygen atoms in total. The highest BCUT2D eigenvalue weighted by Gasteiger charge is 2.35. The number of carbonyl (C=O) groups is 1.